The molecule has 2 N–H and O–H groups in total. The maximum Gasteiger partial charge on any atom is 0.272 e. The van der Waals surface area contributed by atoms with Gasteiger partial charge in [0.1, 0.15) is 0 Å². The molecule has 1 aromatic heterocycles. The van der Waals surface area contributed by atoms with Gasteiger partial charge in [0.05, 0.1) is 24.5 Å². The third-order valence-electron chi connectivity index (χ3n) is 5.11. The molecule has 28 heavy (non-hydrogen) atoms. The highest BCUT2D eigenvalue weighted by molar-refractivity contribution is 7.88. The molecule has 1 saturated heterocycles. The summed E-state index contributed by atoms with van der Waals surface area (Å²) in [6.07, 6.45) is 1.81. The molecule has 1 fully saturated rings. The number of aromatic amines is 1. The summed E-state index contributed by atoms with van der Waals surface area (Å²) in [6.45, 7) is 0.899. The number of carbonyl (C=O) groups excluding carboxylic acids is 2. The normalized spacial score (nSPS) is 20.2. The largest absolute Gasteiger partial charge is 0.346 e. The van der Waals surface area contributed by atoms with E-state index >= 15 is 0 Å². The predicted molar refractivity (Wildman–Crippen MR) is 102 cm³/mol. The van der Waals surface area contributed by atoms with Crippen molar-refractivity contribution >= 4 is 27.5 Å². The van der Waals surface area contributed by atoms with Crippen molar-refractivity contribution in [2.75, 3.05) is 24.2 Å². The average molecular weight is 403 g/mol. The van der Waals surface area contributed by atoms with Gasteiger partial charge in [-0.1, -0.05) is 18.2 Å². The Hall–Kier alpha value is -2.72. The molecule has 0 radical (unpaired) electrons. The van der Waals surface area contributed by atoms with E-state index in [0.717, 1.165) is 17.5 Å². The van der Waals surface area contributed by atoms with E-state index in [9.17, 15) is 18.0 Å². The van der Waals surface area contributed by atoms with Gasteiger partial charge in [-0.3, -0.25) is 14.7 Å². The summed E-state index contributed by atoms with van der Waals surface area (Å²) in [7, 11) is -3.29. The zero-order chi connectivity index (χ0) is 19.9. The van der Waals surface area contributed by atoms with Crippen LogP contribution in [0.1, 0.15) is 28.2 Å². The monoisotopic (exact) mass is 403 g/mol. The van der Waals surface area contributed by atoms with Gasteiger partial charge in [-0.2, -0.15) is 9.40 Å². The highest BCUT2D eigenvalue weighted by Gasteiger charge is 2.34. The Morgan fingerprint density at radius 1 is 1.29 bits per heavy atom. The van der Waals surface area contributed by atoms with Crippen LogP contribution in [-0.4, -0.2) is 60.1 Å². The first kappa shape index (κ1) is 18.6. The molecule has 2 aliphatic heterocycles. The fraction of sp³-hybridized carbons (Fsp3) is 0.389. The molecule has 1 unspecified atom stereocenters. The molecule has 1 aromatic carbocycles. The van der Waals surface area contributed by atoms with Gasteiger partial charge in [0.25, 0.3) is 5.91 Å². The van der Waals surface area contributed by atoms with Gasteiger partial charge in [-0.05, 0) is 18.6 Å². The van der Waals surface area contributed by atoms with Gasteiger partial charge in [0.15, 0.2) is 5.69 Å². The number of benzene rings is 1. The number of H-pyrrole nitrogens is 1. The number of fused-ring (bicyclic) bond motifs is 1. The van der Waals surface area contributed by atoms with Crippen molar-refractivity contribution in [2.24, 2.45) is 0 Å². The van der Waals surface area contributed by atoms with Crippen molar-refractivity contribution in [3.63, 3.8) is 0 Å². The topological polar surface area (TPSA) is 115 Å². The molecule has 4 rings (SSSR count). The van der Waals surface area contributed by atoms with Crippen LogP contribution in [0.2, 0.25) is 0 Å². The van der Waals surface area contributed by atoms with E-state index in [0.29, 0.717) is 25.2 Å². The van der Waals surface area contributed by atoms with Crippen LogP contribution in [0.15, 0.2) is 30.3 Å². The van der Waals surface area contributed by atoms with Gasteiger partial charge in [-0.15, -0.1) is 0 Å². The summed E-state index contributed by atoms with van der Waals surface area (Å²) in [5, 5.41) is 9.77. The standard InChI is InChI=1S/C18H21N5O4S/c1-28(26,27)22-8-7-14-15(11-22)20-21-17(14)18(25)19-12-9-16(24)23(10-12)13-5-3-2-4-6-13/h2-6,12H,7-11H2,1H3,(H,19,25)(H,20,21). The number of anilines is 1. The van der Waals surface area contributed by atoms with E-state index < -0.39 is 10.0 Å². The van der Waals surface area contributed by atoms with Crippen molar-refractivity contribution < 1.29 is 18.0 Å². The first-order chi connectivity index (χ1) is 13.3. The highest BCUT2D eigenvalue weighted by Crippen LogP contribution is 2.24. The van der Waals surface area contributed by atoms with Gasteiger partial charge in [0.2, 0.25) is 15.9 Å². The fourth-order valence-corrected chi connectivity index (χ4v) is 4.47. The van der Waals surface area contributed by atoms with E-state index in [1.807, 2.05) is 30.3 Å². The zero-order valence-electron chi connectivity index (χ0n) is 15.4. The summed E-state index contributed by atoms with van der Waals surface area (Å²) in [4.78, 5) is 26.7. The maximum absolute atomic E-state index is 12.7. The fourth-order valence-electron chi connectivity index (χ4n) is 3.68. The Balaban J connectivity index is 1.45. The molecule has 0 bridgehead atoms. The Morgan fingerprint density at radius 2 is 2.04 bits per heavy atom. The van der Waals surface area contributed by atoms with Gasteiger partial charge in [-0.25, -0.2) is 8.42 Å². The molecule has 3 heterocycles. The van der Waals surface area contributed by atoms with Crippen molar-refractivity contribution in [2.45, 2.75) is 25.4 Å². The quantitative estimate of drug-likeness (QED) is 0.760. The lowest BCUT2D eigenvalue weighted by atomic mass is 10.1. The first-order valence-electron chi connectivity index (χ1n) is 9.00. The molecule has 148 valence electrons. The lowest BCUT2D eigenvalue weighted by molar-refractivity contribution is -0.117. The summed E-state index contributed by atoms with van der Waals surface area (Å²) >= 11 is 0. The predicted octanol–water partition coefficient (Wildman–Crippen LogP) is 0.263. The number of sulfonamides is 1. The van der Waals surface area contributed by atoms with Crippen LogP contribution in [0.4, 0.5) is 5.69 Å². The summed E-state index contributed by atoms with van der Waals surface area (Å²) in [5.41, 5.74) is 2.45. The molecule has 0 saturated carbocycles. The highest BCUT2D eigenvalue weighted by atomic mass is 32.2. The maximum atomic E-state index is 12.7. The minimum atomic E-state index is -3.29. The van der Waals surface area contributed by atoms with Crippen LogP contribution in [0.25, 0.3) is 0 Å². The van der Waals surface area contributed by atoms with E-state index in [-0.39, 0.29) is 36.5 Å². The molecule has 2 aromatic rings. The van der Waals surface area contributed by atoms with Crippen molar-refractivity contribution in [3.8, 4) is 0 Å². The second-order valence-electron chi connectivity index (χ2n) is 7.09. The first-order valence-corrected chi connectivity index (χ1v) is 10.9. The molecule has 2 amide bonds. The zero-order valence-corrected chi connectivity index (χ0v) is 16.2. The molecule has 9 nitrogen and oxygen atoms in total. The molecular weight excluding hydrogens is 382 g/mol. The molecule has 0 spiro atoms. The van der Waals surface area contributed by atoms with Crippen molar-refractivity contribution in [1.29, 1.82) is 0 Å². The van der Waals surface area contributed by atoms with Gasteiger partial charge in [0, 0.05) is 30.8 Å². The van der Waals surface area contributed by atoms with Crippen LogP contribution in [-0.2, 0) is 27.8 Å². The van der Waals surface area contributed by atoms with Crippen LogP contribution in [0.5, 0.6) is 0 Å². The molecule has 1 atom stereocenters. The summed E-state index contributed by atoms with van der Waals surface area (Å²) < 4.78 is 24.8. The Labute approximate surface area is 162 Å². The number of carbonyl (C=O) groups is 2. The average Bonchev–Trinajstić information content (AvgIpc) is 3.24. The number of rotatable bonds is 4. The van der Waals surface area contributed by atoms with Crippen LogP contribution >= 0.6 is 0 Å². The van der Waals surface area contributed by atoms with E-state index in [1.165, 1.54) is 4.31 Å². The third-order valence-corrected chi connectivity index (χ3v) is 6.36. The van der Waals surface area contributed by atoms with E-state index in [2.05, 4.69) is 15.5 Å². The lowest BCUT2D eigenvalue weighted by Gasteiger charge is -2.24. The molecule has 0 aliphatic carbocycles. The molecule has 10 heteroatoms. The molecular formula is C18H21N5O4S. The van der Waals surface area contributed by atoms with Crippen LogP contribution in [0, 0.1) is 0 Å². The SMILES string of the molecule is CS(=O)(=O)N1CCc2c(C(=O)NC3CC(=O)N(c4ccccc4)C3)n[nH]c2C1. The van der Waals surface area contributed by atoms with Gasteiger partial charge >= 0.3 is 0 Å². The smallest absolute Gasteiger partial charge is 0.272 e. The summed E-state index contributed by atoms with van der Waals surface area (Å²) in [5.74, 6) is -0.387. The number of amides is 2. The Kier molecular flexibility index (Phi) is 4.68. The number of nitrogens with one attached hydrogen (secondary N) is 2. The number of aromatic nitrogens is 2. The Morgan fingerprint density at radius 3 is 2.75 bits per heavy atom. The van der Waals surface area contributed by atoms with Crippen LogP contribution in [0.3, 0.4) is 0 Å². The second kappa shape index (κ2) is 7.02. The van der Waals surface area contributed by atoms with Crippen molar-refractivity contribution in [3.05, 3.63) is 47.3 Å². The van der Waals surface area contributed by atoms with Gasteiger partial charge < -0.3 is 10.2 Å². The number of hydrogen-bond acceptors (Lipinski definition) is 5. The number of nitrogens with zero attached hydrogens (tertiary/aromatic N) is 3. The number of hydrogen-bond donors (Lipinski definition) is 2. The van der Waals surface area contributed by atoms with Crippen molar-refractivity contribution in [1.82, 2.24) is 19.8 Å². The lowest BCUT2D eigenvalue weighted by Crippen LogP contribution is -2.39. The minimum Gasteiger partial charge on any atom is -0.346 e. The minimum absolute atomic E-state index is 0.0376. The van der Waals surface area contributed by atoms with E-state index in [1.54, 1.807) is 4.90 Å². The third kappa shape index (κ3) is 3.52. The molecule has 2 aliphatic rings. The number of para-hydroxylation sites is 1. The Bertz CT molecular complexity index is 1020. The van der Waals surface area contributed by atoms with E-state index in [4.69, 9.17) is 0 Å². The summed E-state index contributed by atoms with van der Waals surface area (Å²) in [6, 6.07) is 9.03. The van der Waals surface area contributed by atoms with Crippen LogP contribution < -0.4 is 10.2 Å². The second-order valence-corrected chi connectivity index (χ2v) is 9.07.